The summed E-state index contributed by atoms with van der Waals surface area (Å²) in [7, 11) is -2.35. The lowest BCUT2D eigenvalue weighted by Gasteiger charge is -2.08. The topological polar surface area (TPSA) is 111 Å². The highest BCUT2D eigenvalue weighted by Gasteiger charge is 2.13. The van der Waals surface area contributed by atoms with Gasteiger partial charge in [-0.3, -0.25) is 0 Å². The van der Waals surface area contributed by atoms with Gasteiger partial charge >= 0.3 is 6.03 Å². The molecular weight excluding hydrogens is 258 g/mol. The lowest BCUT2D eigenvalue weighted by atomic mass is 10.3. The molecule has 0 aromatic heterocycles. The number of amides is 2. The standard InChI is InChI=1S/C10H15N3O4S/c1-12-10(14)13-18(15,16)7-6-17-9-4-2-8(11)3-5-9/h2-5H,6-7,11H2,1H3,(H2,12,13,14). The molecule has 4 N–H and O–H groups in total. The summed E-state index contributed by atoms with van der Waals surface area (Å²) in [6.07, 6.45) is 0. The Bertz CT molecular complexity index is 498. The van der Waals surface area contributed by atoms with Crippen LogP contribution < -0.4 is 20.5 Å². The Hall–Kier alpha value is -1.96. The number of nitrogens with two attached hydrogens (primary N) is 1. The number of benzene rings is 1. The molecule has 0 bridgehead atoms. The van der Waals surface area contributed by atoms with Crippen molar-refractivity contribution in [2.24, 2.45) is 0 Å². The number of hydrogen-bond donors (Lipinski definition) is 3. The van der Waals surface area contributed by atoms with Gasteiger partial charge in [0.25, 0.3) is 0 Å². The van der Waals surface area contributed by atoms with Gasteiger partial charge < -0.3 is 15.8 Å². The summed E-state index contributed by atoms with van der Waals surface area (Å²) in [6, 6.07) is 5.78. The first-order valence-corrected chi connectivity index (χ1v) is 6.79. The maximum Gasteiger partial charge on any atom is 0.328 e. The molecule has 0 saturated heterocycles. The van der Waals surface area contributed by atoms with Crippen molar-refractivity contribution in [1.29, 1.82) is 0 Å². The smallest absolute Gasteiger partial charge is 0.328 e. The summed E-state index contributed by atoms with van der Waals surface area (Å²) in [5.41, 5.74) is 6.08. The summed E-state index contributed by atoms with van der Waals surface area (Å²) < 4.78 is 29.8. The van der Waals surface area contributed by atoms with Crippen LogP contribution in [-0.4, -0.2) is 33.9 Å². The van der Waals surface area contributed by atoms with Crippen molar-refractivity contribution < 1.29 is 17.9 Å². The fraction of sp³-hybridized carbons (Fsp3) is 0.300. The van der Waals surface area contributed by atoms with Gasteiger partial charge in [-0.05, 0) is 24.3 Å². The molecule has 0 heterocycles. The third-order valence-corrected chi connectivity index (χ3v) is 3.18. The molecule has 0 radical (unpaired) electrons. The lowest BCUT2D eigenvalue weighted by molar-refractivity contribution is 0.247. The monoisotopic (exact) mass is 273 g/mol. The molecule has 1 aromatic rings. The van der Waals surface area contributed by atoms with Gasteiger partial charge in [0, 0.05) is 12.7 Å². The van der Waals surface area contributed by atoms with Crippen LogP contribution in [0, 0.1) is 0 Å². The number of nitrogen functional groups attached to an aromatic ring is 1. The van der Waals surface area contributed by atoms with Crippen molar-refractivity contribution in [2.75, 3.05) is 25.1 Å². The summed E-state index contributed by atoms with van der Waals surface area (Å²) in [4.78, 5) is 10.8. The molecule has 0 saturated carbocycles. The van der Waals surface area contributed by atoms with E-state index in [1.165, 1.54) is 7.05 Å². The van der Waals surface area contributed by atoms with Gasteiger partial charge in [-0.15, -0.1) is 0 Å². The van der Waals surface area contributed by atoms with E-state index in [2.05, 4.69) is 5.32 Å². The molecule has 8 heteroatoms. The molecule has 1 rings (SSSR count). The number of ether oxygens (including phenoxy) is 1. The van der Waals surface area contributed by atoms with Gasteiger partial charge in [0.15, 0.2) is 0 Å². The van der Waals surface area contributed by atoms with Gasteiger partial charge in [-0.1, -0.05) is 0 Å². The van der Waals surface area contributed by atoms with Crippen molar-refractivity contribution in [2.45, 2.75) is 0 Å². The average Bonchev–Trinajstić information content (AvgIpc) is 2.31. The first-order chi connectivity index (χ1) is 8.43. The SMILES string of the molecule is CNC(=O)NS(=O)(=O)CCOc1ccc(N)cc1. The summed E-state index contributed by atoms with van der Waals surface area (Å²) in [5, 5.41) is 2.15. The number of hydrogen-bond acceptors (Lipinski definition) is 5. The Kier molecular flexibility index (Phi) is 4.78. The Morgan fingerprint density at radius 2 is 1.94 bits per heavy atom. The quantitative estimate of drug-likeness (QED) is 0.649. The molecule has 0 aliphatic carbocycles. The zero-order valence-corrected chi connectivity index (χ0v) is 10.7. The first kappa shape index (κ1) is 14.1. The predicted molar refractivity (Wildman–Crippen MR) is 67.7 cm³/mol. The minimum absolute atomic E-state index is 0.0593. The summed E-state index contributed by atoms with van der Waals surface area (Å²) in [6.45, 7) is -0.0593. The van der Waals surface area contributed by atoms with Gasteiger partial charge in [-0.25, -0.2) is 17.9 Å². The van der Waals surface area contributed by atoms with E-state index >= 15 is 0 Å². The number of carbonyl (C=O) groups is 1. The van der Waals surface area contributed by atoms with Gasteiger partial charge in [0.05, 0.1) is 0 Å². The Morgan fingerprint density at radius 1 is 1.33 bits per heavy atom. The van der Waals surface area contributed by atoms with Crippen molar-refractivity contribution in [3.8, 4) is 5.75 Å². The van der Waals surface area contributed by atoms with Crippen LogP contribution in [0.3, 0.4) is 0 Å². The van der Waals surface area contributed by atoms with Crippen LogP contribution in [0.4, 0.5) is 10.5 Å². The van der Waals surface area contributed by atoms with Gasteiger partial charge in [0.2, 0.25) is 10.0 Å². The van der Waals surface area contributed by atoms with E-state index in [0.29, 0.717) is 11.4 Å². The molecule has 18 heavy (non-hydrogen) atoms. The molecule has 0 spiro atoms. The first-order valence-electron chi connectivity index (χ1n) is 5.13. The van der Waals surface area contributed by atoms with E-state index in [1.807, 2.05) is 4.72 Å². The zero-order valence-electron chi connectivity index (χ0n) is 9.84. The fourth-order valence-electron chi connectivity index (χ4n) is 1.08. The predicted octanol–water partition coefficient (Wildman–Crippen LogP) is -0.0936. The van der Waals surface area contributed by atoms with Crippen LogP contribution in [0.1, 0.15) is 0 Å². The van der Waals surface area contributed by atoms with Gasteiger partial charge in [-0.2, -0.15) is 0 Å². The fourth-order valence-corrected chi connectivity index (χ4v) is 1.87. The molecule has 1 aromatic carbocycles. The third-order valence-electron chi connectivity index (χ3n) is 1.98. The van der Waals surface area contributed by atoms with E-state index in [-0.39, 0.29) is 12.4 Å². The Balaban J connectivity index is 2.41. The van der Waals surface area contributed by atoms with Crippen LogP contribution in [0.25, 0.3) is 0 Å². The van der Waals surface area contributed by atoms with Crippen LogP contribution in [0.5, 0.6) is 5.75 Å². The maximum atomic E-state index is 11.4. The van der Waals surface area contributed by atoms with E-state index in [0.717, 1.165) is 0 Å². The van der Waals surface area contributed by atoms with E-state index < -0.39 is 16.1 Å². The maximum absolute atomic E-state index is 11.4. The molecule has 0 fully saturated rings. The van der Waals surface area contributed by atoms with Crippen LogP contribution in [0.15, 0.2) is 24.3 Å². The second kappa shape index (κ2) is 6.10. The molecule has 100 valence electrons. The minimum atomic E-state index is -3.68. The summed E-state index contributed by atoms with van der Waals surface area (Å²) >= 11 is 0. The molecule has 0 aliphatic rings. The molecule has 0 aliphatic heterocycles. The zero-order chi connectivity index (χ0) is 13.6. The molecule has 0 atom stereocenters. The number of urea groups is 1. The number of anilines is 1. The number of nitrogens with one attached hydrogen (secondary N) is 2. The van der Waals surface area contributed by atoms with Crippen LogP contribution >= 0.6 is 0 Å². The number of sulfonamides is 1. The van der Waals surface area contributed by atoms with Crippen molar-refractivity contribution in [3.63, 3.8) is 0 Å². The minimum Gasteiger partial charge on any atom is -0.492 e. The average molecular weight is 273 g/mol. The van der Waals surface area contributed by atoms with Crippen LogP contribution in [-0.2, 0) is 10.0 Å². The molecule has 0 unspecified atom stereocenters. The number of rotatable bonds is 5. The largest absolute Gasteiger partial charge is 0.492 e. The van der Waals surface area contributed by atoms with Gasteiger partial charge in [0.1, 0.15) is 18.1 Å². The van der Waals surface area contributed by atoms with Crippen molar-refractivity contribution in [3.05, 3.63) is 24.3 Å². The second-order valence-electron chi connectivity index (χ2n) is 3.42. The highest BCUT2D eigenvalue weighted by molar-refractivity contribution is 7.90. The highest BCUT2D eigenvalue weighted by Crippen LogP contribution is 2.12. The van der Waals surface area contributed by atoms with E-state index in [4.69, 9.17) is 10.5 Å². The third kappa shape index (κ3) is 4.91. The molecule has 2 amide bonds. The molecule has 7 nitrogen and oxygen atoms in total. The normalized spacial score (nSPS) is 10.7. The van der Waals surface area contributed by atoms with E-state index in [9.17, 15) is 13.2 Å². The highest BCUT2D eigenvalue weighted by atomic mass is 32.2. The Morgan fingerprint density at radius 3 is 2.50 bits per heavy atom. The van der Waals surface area contributed by atoms with Crippen molar-refractivity contribution >= 4 is 21.7 Å². The van der Waals surface area contributed by atoms with Crippen LogP contribution in [0.2, 0.25) is 0 Å². The summed E-state index contributed by atoms with van der Waals surface area (Å²) in [5.74, 6) is 0.199. The van der Waals surface area contributed by atoms with E-state index in [1.54, 1.807) is 24.3 Å². The lowest BCUT2D eigenvalue weighted by Crippen LogP contribution is -2.39. The van der Waals surface area contributed by atoms with Crippen molar-refractivity contribution in [1.82, 2.24) is 10.0 Å². The second-order valence-corrected chi connectivity index (χ2v) is 5.26. The Labute approximate surface area is 105 Å². The number of carbonyl (C=O) groups excluding carboxylic acids is 1. The molecular formula is C10H15N3O4S.